The Labute approximate surface area is 159 Å². The molecule has 7 heteroatoms. The van der Waals surface area contributed by atoms with Crippen LogP contribution in [0.1, 0.15) is 21.7 Å². The monoisotopic (exact) mass is 391 g/mol. The summed E-state index contributed by atoms with van der Waals surface area (Å²) in [5.41, 5.74) is 2.30. The number of amides is 1. The second kappa shape index (κ2) is 7.40. The zero-order valence-corrected chi connectivity index (χ0v) is 15.6. The van der Waals surface area contributed by atoms with Gasteiger partial charge in [-0.1, -0.05) is 47.5 Å². The van der Waals surface area contributed by atoms with Crippen molar-refractivity contribution in [1.82, 2.24) is 0 Å². The van der Waals surface area contributed by atoms with Gasteiger partial charge in [-0.15, -0.1) is 0 Å². The summed E-state index contributed by atoms with van der Waals surface area (Å²) in [5.74, 6) is -1.19. The number of aryl methyl sites for hydroxylation is 2. The quantitative estimate of drug-likeness (QED) is 0.624. The van der Waals surface area contributed by atoms with Crippen molar-refractivity contribution in [3.63, 3.8) is 0 Å². The van der Waals surface area contributed by atoms with Crippen LogP contribution in [0.15, 0.2) is 40.8 Å². The molecule has 26 heavy (non-hydrogen) atoms. The average molecular weight is 392 g/mol. The second-order valence-electron chi connectivity index (χ2n) is 5.73. The van der Waals surface area contributed by atoms with Crippen molar-refractivity contribution in [2.24, 2.45) is 0 Å². The fraction of sp³-hybridized carbons (Fsp3) is 0.158. The van der Waals surface area contributed by atoms with Crippen LogP contribution in [0.2, 0.25) is 10.0 Å². The van der Waals surface area contributed by atoms with E-state index in [1.54, 1.807) is 32.0 Å². The number of para-hydroxylation sites is 1. The molecule has 0 spiro atoms. The van der Waals surface area contributed by atoms with Gasteiger partial charge in [0.25, 0.3) is 5.91 Å². The first kappa shape index (κ1) is 18.3. The minimum Gasteiger partial charge on any atom is -0.450 e. The number of carbonyl (C=O) groups excluding carboxylic acids is 2. The molecular weight excluding hydrogens is 377 g/mol. The summed E-state index contributed by atoms with van der Waals surface area (Å²) in [6, 6.07) is 10.6. The van der Waals surface area contributed by atoms with Crippen LogP contribution < -0.4 is 5.32 Å². The lowest BCUT2D eigenvalue weighted by molar-refractivity contribution is -0.119. The van der Waals surface area contributed by atoms with Gasteiger partial charge in [0.2, 0.25) is 5.76 Å². The molecule has 0 radical (unpaired) electrons. The zero-order chi connectivity index (χ0) is 18.8. The van der Waals surface area contributed by atoms with Crippen molar-refractivity contribution >= 4 is 51.7 Å². The largest absolute Gasteiger partial charge is 0.450 e. The summed E-state index contributed by atoms with van der Waals surface area (Å²) < 4.78 is 10.6. The Hall–Kier alpha value is -2.50. The van der Waals surface area contributed by atoms with Crippen LogP contribution in [0.5, 0.6) is 0 Å². The van der Waals surface area contributed by atoms with Gasteiger partial charge < -0.3 is 14.5 Å². The van der Waals surface area contributed by atoms with Gasteiger partial charge >= 0.3 is 5.97 Å². The van der Waals surface area contributed by atoms with E-state index in [-0.39, 0.29) is 11.4 Å². The summed E-state index contributed by atoms with van der Waals surface area (Å²) in [5, 5.41) is 4.02. The number of ether oxygens (including phenoxy) is 1. The first-order chi connectivity index (χ1) is 12.4. The number of rotatable bonds is 4. The van der Waals surface area contributed by atoms with Crippen LogP contribution in [0.3, 0.4) is 0 Å². The standard InChI is InChI=1S/C19H15Cl2NO4/c1-10-7-8-13(20)17(16(10)21)22-15(23)9-25-19(24)18-11(2)12-5-3-4-6-14(12)26-18/h3-8H,9H2,1-2H3,(H,22,23). The van der Waals surface area contributed by atoms with E-state index in [2.05, 4.69) is 5.32 Å². The lowest BCUT2D eigenvalue weighted by Gasteiger charge is -2.11. The van der Waals surface area contributed by atoms with Gasteiger partial charge in [0.1, 0.15) is 5.58 Å². The third-order valence-electron chi connectivity index (χ3n) is 3.91. The maximum Gasteiger partial charge on any atom is 0.375 e. The smallest absolute Gasteiger partial charge is 0.375 e. The number of halogens is 2. The highest BCUT2D eigenvalue weighted by Crippen LogP contribution is 2.32. The molecule has 1 heterocycles. The SMILES string of the molecule is Cc1ccc(Cl)c(NC(=O)COC(=O)c2oc3ccccc3c2C)c1Cl. The van der Waals surface area contributed by atoms with Gasteiger partial charge in [0.05, 0.1) is 15.7 Å². The first-order valence-electron chi connectivity index (χ1n) is 7.78. The van der Waals surface area contributed by atoms with Crippen molar-refractivity contribution < 1.29 is 18.7 Å². The Kier molecular flexibility index (Phi) is 5.20. The van der Waals surface area contributed by atoms with E-state index in [1.807, 2.05) is 18.2 Å². The van der Waals surface area contributed by atoms with Crippen LogP contribution in [0.4, 0.5) is 5.69 Å². The number of hydrogen-bond donors (Lipinski definition) is 1. The Morgan fingerprint density at radius 1 is 1.12 bits per heavy atom. The first-order valence-corrected chi connectivity index (χ1v) is 8.53. The molecular formula is C19H15Cl2NO4. The molecule has 2 aromatic carbocycles. The summed E-state index contributed by atoms with van der Waals surface area (Å²) in [4.78, 5) is 24.3. The Bertz CT molecular complexity index is 1010. The molecule has 3 rings (SSSR count). The predicted molar refractivity (Wildman–Crippen MR) is 101 cm³/mol. The van der Waals surface area contributed by atoms with Crippen LogP contribution in [0.25, 0.3) is 11.0 Å². The lowest BCUT2D eigenvalue weighted by atomic mass is 10.1. The molecule has 3 aromatic rings. The summed E-state index contributed by atoms with van der Waals surface area (Å²) >= 11 is 12.2. The van der Waals surface area contributed by atoms with Crippen LogP contribution in [-0.4, -0.2) is 18.5 Å². The summed E-state index contributed by atoms with van der Waals surface area (Å²) in [6.07, 6.45) is 0. The molecule has 0 saturated carbocycles. The highest BCUT2D eigenvalue weighted by atomic mass is 35.5. The molecule has 0 unspecified atom stereocenters. The van der Waals surface area contributed by atoms with E-state index in [4.69, 9.17) is 32.4 Å². The number of carbonyl (C=O) groups is 2. The maximum atomic E-state index is 12.2. The van der Waals surface area contributed by atoms with Gasteiger partial charge in [-0.05, 0) is 31.5 Å². The molecule has 0 atom stereocenters. The summed E-state index contributed by atoms with van der Waals surface area (Å²) in [7, 11) is 0. The molecule has 134 valence electrons. The molecule has 0 aliphatic rings. The van der Waals surface area contributed by atoms with Gasteiger partial charge in [-0.25, -0.2) is 4.79 Å². The Morgan fingerprint density at radius 3 is 2.58 bits per heavy atom. The van der Waals surface area contributed by atoms with Crippen LogP contribution in [0, 0.1) is 13.8 Å². The number of furan rings is 1. The maximum absolute atomic E-state index is 12.2. The van der Waals surface area contributed by atoms with E-state index >= 15 is 0 Å². The molecule has 0 aliphatic carbocycles. The Morgan fingerprint density at radius 2 is 1.85 bits per heavy atom. The van der Waals surface area contributed by atoms with Gasteiger partial charge in [-0.2, -0.15) is 0 Å². The third kappa shape index (κ3) is 3.54. The van der Waals surface area contributed by atoms with Crippen LogP contribution in [-0.2, 0) is 9.53 Å². The fourth-order valence-electron chi connectivity index (χ4n) is 2.51. The lowest BCUT2D eigenvalue weighted by Crippen LogP contribution is -2.21. The number of esters is 1. The number of benzene rings is 2. The topological polar surface area (TPSA) is 68.5 Å². The molecule has 0 bridgehead atoms. The van der Waals surface area contributed by atoms with Gasteiger partial charge in [-0.3, -0.25) is 4.79 Å². The zero-order valence-electron chi connectivity index (χ0n) is 14.1. The van der Waals surface area contributed by atoms with Crippen molar-refractivity contribution in [3.8, 4) is 0 Å². The van der Waals surface area contributed by atoms with Gasteiger partial charge in [0, 0.05) is 10.9 Å². The Balaban J connectivity index is 1.69. The molecule has 0 aliphatic heterocycles. The van der Waals surface area contributed by atoms with Gasteiger partial charge in [0.15, 0.2) is 6.61 Å². The molecule has 0 fully saturated rings. The van der Waals surface area contributed by atoms with Crippen molar-refractivity contribution in [3.05, 3.63) is 63.3 Å². The van der Waals surface area contributed by atoms with E-state index < -0.39 is 18.5 Å². The van der Waals surface area contributed by atoms with Crippen molar-refractivity contribution in [2.75, 3.05) is 11.9 Å². The highest BCUT2D eigenvalue weighted by molar-refractivity contribution is 6.40. The van der Waals surface area contributed by atoms with Crippen molar-refractivity contribution in [1.29, 1.82) is 0 Å². The fourth-order valence-corrected chi connectivity index (χ4v) is 2.98. The minimum absolute atomic E-state index is 0.0746. The van der Waals surface area contributed by atoms with E-state index in [0.29, 0.717) is 21.2 Å². The van der Waals surface area contributed by atoms with Crippen molar-refractivity contribution in [2.45, 2.75) is 13.8 Å². The minimum atomic E-state index is -0.713. The van der Waals surface area contributed by atoms with E-state index in [9.17, 15) is 9.59 Å². The normalized spacial score (nSPS) is 10.8. The predicted octanol–water partition coefficient (Wildman–Crippen LogP) is 5.15. The van der Waals surface area contributed by atoms with E-state index in [0.717, 1.165) is 10.9 Å². The number of nitrogens with one attached hydrogen (secondary N) is 1. The molecule has 0 saturated heterocycles. The number of anilines is 1. The highest BCUT2D eigenvalue weighted by Gasteiger charge is 2.20. The third-order valence-corrected chi connectivity index (χ3v) is 4.71. The summed E-state index contributed by atoms with van der Waals surface area (Å²) in [6.45, 7) is 3.06. The van der Waals surface area contributed by atoms with E-state index in [1.165, 1.54) is 0 Å². The molecule has 1 amide bonds. The number of fused-ring (bicyclic) bond motifs is 1. The molecule has 1 N–H and O–H groups in total. The second-order valence-corrected chi connectivity index (χ2v) is 6.52. The number of hydrogen-bond acceptors (Lipinski definition) is 4. The average Bonchev–Trinajstić information content (AvgIpc) is 2.97. The molecule has 5 nitrogen and oxygen atoms in total. The molecule has 1 aromatic heterocycles. The van der Waals surface area contributed by atoms with Crippen LogP contribution >= 0.6 is 23.2 Å².